The van der Waals surface area contributed by atoms with Crippen molar-refractivity contribution in [1.29, 1.82) is 0 Å². The number of hydrogen-bond acceptors (Lipinski definition) is 5. The van der Waals surface area contributed by atoms with Crippen LogP contribution < -0.4 is 4.74 Å². The Balaban J connectivity index is 1.52. The number of carbonyl (C=O) groups is 1. The van der Waals surface area contributed by atoms with Gasteiger partial charge in [-0.05, 0) is 48.9 Å². The summed E-state index contributed by atoms with van der Waals surface area (Å²) in [7, 11) is 1.41. The summed E-state index contributed by atoms with van der Waals surface area (Å²) in [6.45, 7) is 0.516. The van der Waals surface area contributed by atoms with E-state index in [4.69, 9.17) is 4.74 Å². The van der Waals surface area contributed by atoms with Gasteiger partial charge in [0.05, 0.1) is 7.11 Å². The van der Waals surface area contributed by atoms with E-state index in [0.29, 0.717) is 19.4 Å². The van der Waals surface area contributed by atoms with Crippen molar-refractivity contribution in [3.05, 3.63) is 53.7 Å². The lowest BCUT2D eigenvalue weighted by Crippen LogP contribution is -2.02. The van der Waals surface area contributed by atoms with Crippen LogP contribution in [0.4, 0.5) is 0 Å². The van der Waals surface area contributed by atoms with Gasteiger partial charge in [-0.1, -0.05) is 18.2 Å². The van der Waals surface area contributed by atoms with E-state index in [9.17, 15) is 4.79 Å². The molecule has 0 spiro atoms. The number of methoxy groups -OCH3 is 1. The molecule has 0 atom stereocenters. The zero-order valence-corrected chi connectivity index (χ0v) is 15.3. The second-order valence-corrected chi connectivity index (χ2v) is 7.24. The summed E-state index contributed by atoms with van der Waals surface area (Å²) >= 11 is 1.83. The Bertz CT molecular complexity index is 698. The summed E-state index contributed by atoms with van der Waals surface area (Å²) in [5.74, 6) is 2.66. The molecular weight excluding hydrogens is 334 g/mol. The van der Waals surface area contributed by atoms with Crippen molar-refractivity contribution in [1.82, 2.24) is 4.98 Å². The van der Waals surface area contributed by atoms with Gasteiger partial charge in [-0.15, -0.1) is 11.8 Å². The molecule has 0 unspecified atom stereocenters. The highest BCUT2D eigenvalue weighted by atomic mass is 32.2. The summed E-state index contributed by atoms with van der Waals surface area (Å²) in [5, 5.41) is 1.07. The van der Waals surface area contributed by atoms with E-state index in [2.05, 4.69) is 15.8 Å². The molecule has 0 amide bonds. The SMILES string of the molecule is COC(=O)CCc1ccc(OCc2cccnc2SCC2CC2)cc1. The van der Waals surface area contributed by atoms with Crippen molar-refractivity contribution >= 4 is 17.7 Å². The van der Waals surface area contributed by atoms with Crippen LogP contribution in [0.25, 0.3) is 0 Å². The van der Waals surface area contributed by atoms with Gasteiger partial charge in [-0.2, -0.15) is 0 Å². The van der Waals surface area contributed by atoms with Crippen LogP contribution in [0.5, 0.6) is 5.75 Å². The van der Waals surface area contributed by atoms with Crippen LogP contribution in [-0.2, 0) is 22.6 Å². The van der Waals surface area contributed by atoms with Crippen molar-refractivity contribution in [2.45, 2.75) is 37.3 Å². The Morgan fingerprint density at radius 1 is 1.24 bits per heavy atom. The van der Waals surface area contributed by atoms with Crippen molar-refractivity contribution in [3.8, 4) is 5.75 Å². The van der Waals surface area contributed by atoms with E-state index in [-0.39, 0.29) is 5.97 Å². The van der Waals surface area contributed by atoms with E-state index < -0.39 is 0 Å². The monoisotopic (exact) mass is 357 g/mol. The number of rotatable bonds is 9. The van der Waals surface area contributed by atoms with Gasteiger partial charge in [0.25, 0.3) is 0 Å². The summed E-state index contributed by atoms with van der Waals surface area (Å²) in [5.41, 5.74) is 2.22. The quantitative estimate of drug-likeness (QED) is 0.495. The maximum atomic E-state index is 11.2. The first-order valence-corrected chi connectivity index (χ1v) is 9.58. The van der Waals surface area contributed by atoms with Gasteiger partial charge in [0.15, 0.2) is 0 Å². The van der Waals surface area contributed by atoms with Crippen LogP contribution in [0, 0.1) is 5.92 Å². The molecule has 1 aromatic heterocycles. The lowest BCUT2D eigenvalue weighted by Gasteiger charge is -2.10. The van der Waals surface area contributed by atoms with Gasteiger partial charge < -0.3 is 9.47 Å². The molecule has 3 rings (SSSR count). The van der Waals surface area contributed by atoms with Gasteiger partial charge in [0.2, 0.25) is 0 Å². The summed E-state index contributed by atoms with van der Waals surface area (Å²) in [6.07, 6.45) is 5.63. The Morgan fingerprint density at radius 2 is 2.04 bits per heavy atom. The third-order valence-electron chi connectivity index (χ3n) is 4.17. The molecule has 132 valence electrons. The number of benzene rings is 1. The van der Waals surface area contributed by atoms with E-state index >= 15 is 0 Å². The molecule has 1 fully saturated rings. The predicted molar refractivity (Wildman–Crippen MR) is 98.8 cm³/mol. The number of pyridine rings is 1. The van der Waals surface area contributed by atoms with Crippen LogP contribution in [0.15, 0.2) is 47.6 Å². The lowest BCUT2D eigenvalue weighted by atomic mass is 10.1. The minimum Gasteiger partial charge on any atom is -0.489 e. The van der Waals surface area contributed by atoms with Gasteiger partial charge in [-0.25, -0.2) is 4.98 Å². The minimum absolute atomic E-state index is 0.187. The zero-order chi connectivity index (χ0) is 17.5. The Hall–Kier alpha value is -2.01. The molecule has 0 saturated heterocycles. The molecule has 0 aliphatic heterocycles. The van der Waals surface area contributed by atoms with Gasteiger partial charge in [0.1, 0.15) is 17.4 Å². The minimum atomic E-state index is -0.187. The average Bonchev–Trinajstić information content (AvgIpc) is 3.48. The second-order valence-electron chi connectivity index (χ2n) is 6.23. The molecule has 1 aromatic carbocycles. The fourth-order valence-electron chi connectivity index (χ4n) is 2.41. The fraction of sp³-hybridized carbons (Fsp3) is 0.400. The van der Waals surface area contributed by atoms with Crippen molar-refractivity contribution < 1.29 is 14.3 Å². The molecule has 1 heterocycles. The third kappa shape index (κ3) is 5.78. The Labute approximate surface area is 152 Å². The normalized spacial score (nSPS) is 13.5. The van der Waals surface area contributed by atoms with E-state index in [1.54, 1.807) is 0 Å². The van der Waals surface area contributed by atoms with E-state index in [1.807, 2.05) is 48.3 Å². The molecule has 0 bridgehead atoms. The van der Waals surface area contributed by atoms with Crippen molar-refractivity contribution in [2.75, 3.05) is 12.9 Å². The highest BCUT2D eigenvalue weighted by Gasteiger charge is 2.21. The molecule has 1 aliphatic carbocycles. The van der Waals surface area contributed by atoms with Gasteiger partial charge >= 0.3 is 5.97 Å². The van der Waals surface area contributed by atoms with Crippen LogP contribution in [-0.4, -0.2) is 23.8 Å². The molecular formula is C20H23NO3S. The summed E-state index contributed by atoms with van der Waals surface area (Å²) in [4.78, 5) is 15.7. The standard InChI is InChI=1S/C20H23NO3S/c1-23-19(22)11-8-15-6-9-18(10-7-15)24-13-17-3-2-12-21-20(17)25-14-16-4-5-16/h2-3,6-7,9-10,12,16H,4-5,8,11,13-14H2,1H3. The Morgan fingerprint density at radius 3 is 2.76 bits per heavy atom. The van der Waals surface area contributed by atoms with Crippen LogP contribution in [0.1, 0.15) is 30.4 Å². The van der Waals surface area contributed by atoms with Crippen molar-refractivity contribution in [2.24, 2.45) is 5.92 Å². The number of carbonyl (C=O) groups excluding carboxylic acids is 1. The maximum absolute atomic E-state index is 11.2. The third-order valence-corrected chi connectivity index (χ3v) is 5.44. The molecule has 1 aliphatic rings. The molecule has 5 heteroatoms. The van der Waals surface area contributed by atoms with E-state index in [0.717, 1.165) is 33.6 Å². The first kappa shape index (κ1) is 17.8. The fourth-order valence-corrected chi connectivity index (χ4v) is 3.58. The molecule has 25 heavy (non-hydrogen) atoms. The largest absolute Gasteiger partial charge is 0.489 e. The summed E-state index contributed by atoms with van der Waals surface area (Å²) in [6, 6.07) is 11.9. The number of thioether (sulfide) groups is 1. The Kier molecular flexibility index (Phi) is 6.34. The summed E-state index contributed by atoms with van der Waals surface area (Å²) < 4.78 is 10.6. The first-order chi connectivity index (χ1) is 12.2. The molecule has 2 aromatic rings. The predicted octanol–water partition coefficient (Wildman–Crippen LogP) is 4.27. The molecule has 0 N–H and O–H groups in total. The second kappa shape index (κ2) is 8.90. The number of aromatic nitrogens is 1. The maximum Gasteiger partial charge on any atom is 0.305 e. The zero-order valence-electron chi connectivity index (χ0n) is 14.4. The molecule has 1 saturated carbocycles. The topological polar surface area (TPSA) is 48.4 Å². The smallest absolute Gasteiger partial charge is 0.305 e. The number of aryl methyl sites for hydroxylation is 1. The van der Waals surface area contributed by atoms with E-state index in [1.165, 1.54) is 20.0 Å². The first-order valence-electron chi connectivity index (χ1n) is 8.60. The van der Waals surface area contributed by atoms with Crippen molar-refractivity contribution in [3.63, 3.8) is 0 Å². The number of nitrogens with zero attached hydrogens (tertiary/aromatic N) is 1. The molecule has 0 radical (unpaired) electrons. The highest BCUT2D eigenvalue weighted by Crippen LogP contribution is 2.35. The van der Waals surface area contributed by atoms with Gasteiger partial charge in [-0.3, -0.25) is 4.79 Å². The van der Waals surface area contributed by atoms with Crippen LogP contribution in [0.2, 0.25) is 0 Å². The van der Waals surface area contributed by atoms with Crippen LogP contribution in [0.3, 0.4) is 0 Å². The van der Waals surface area contributed by atoms with Gasteiger partial charge in [0, 0.05) is 23.9 Å². The lowest BCUT2D eigenvalue weighted by molar-refractivity contribution is -0.140. The molecule has 4 nitrogen and oxygen atoms in total. The highest BCUT2D eigenvalue weighted by molar-refractivity contribution is 7.99. The average molecular weight is 357 g/mol. The number of esters is 1. The van der Waals surface area contributed by atoms with Crippen LogP contribution >= 0.6 is 11.8 Å². The number of hydrogen-bond donors (Lipinski definition) is 0. The number of ether oxygens (including phenoxy) is 2.